The maximum Gasteiger partial charge on any atom is 0.285 e. The van der Waals surface area contributed by atoms with Crippen LogP contribution in [0.1, 0.15) is 38.2 Å². The van der Waals surface area contributed by atoms with Crippen LogP contribution in [-0.4, -0.2) is 45.2 Å². The van der Waals surface area contributed by atoms with E-state index in [1.54, 1.807) is 17.1 Å². The molecule has 26 heavy (non-hydrogen) atoms. The molecule has 3 aliphatic rings. The smallest absolute Gasteiger partial charge is 0.285 e. The summed E-state index contributed by atoms with van der Waals surface area (Å²) >= 11 is 0. The summed E-state index contributed by atoms with van der Waals surface area (Å²) in [5.41, 5.74) is 2.11. The molecule has 0 unspecified atom stereocenters. The van der Waals surface area contributed by atoms with Crippen LogP contribution in [0.3, 0.4) is 0 Å². The van der Waals surface area contributed by atoms with Crippen LogP contribution in [-0.2, 0) is 16.4 Å². The van der Waals surface area contributed by atoms with Crippen molar-refractivity contribution in [2.45, 2.75) is 43.9 Å². The summed E-state index contributed by atoms with van der Waals surface area (Å²) in [5.74, 6) is 0.311. The van der Waals surface area contributed by atoms with Gasteiger partial charge in [0.05, 0.1) is 11.4 Å². The summed E-state index contributed by atoms with van der Waals surface area (Å²) in [6.07, 6.45) is 7.44. The number of sulfonamides is 1. The van der Waals surface area contributed by atoms with Gasteiger partial charge in [0, 0.05) is 30.4 Å². The average Bonchev–Trinajstić information content (AvgIpc) is 3.36. The Kier molecular flexibility index (Phi) is 4.38. The van der Waals surface area contributed by atoms with Crippen molar-refractivity contribution in [1.29, 1.82) is 0 Å². The molecule has 7 nitrogen and oxygen atoms in total. The van der Waals surface area contributed by atoms with Crippen LogP contribution in [0, 0.1) is 5.41 Å². The number of hydrazone groups is 1. The van der Waals surface area contributed by atoms with Crippen molar-refractivity contribution in [2.75, 3.05) is 25.0 Å². The van der Waals surface area contributed by atoms with E-state index in [1.807, 2.05) is 19.2 Å². The fourth-order valence-corrected chi connectivity index (χ4v) is 5.03. The first-order valence-corrected chi connectivity index (χ1v) is 10.7. The van der Waals surface area contributed by atoms with Crippen molar-refractivity contribution in [3.8, 4) is 0 Å². The highest BCUT2D eigenvalue weighted by atomic mass is 32.2. The van der Waals surface area contributed by atoms with E-state index >= 15 is 0 Å². The first-order chi connectivity index (χ1) is 12.5. The molecule has 1 spiro atoms. The Morgan fingerprint density at radius 2 is 2.19 bits per heavy atom. The Bertz CT molecular complexity index is 856. The van der Waals surface area contributed by atoms with E-state index < -0.39 is 10.0 Å². The number of benzene rings is 1. The standard InChI is InChI=1S/C18H25N5O2S/c1-2-19-17(23-13-18(12-21-23)8-3-4-9-18)22-26(24,25)15-5-6-16-14(11-15)7-10-20-16/h5-6,11-12,20H,2-4,7-10,13H2,1H3,(H,19,22). The molecule has 4 rings (SSSR count). The monoisotopic (exact) mass is 375 g/mol. The lowest BCUT2D eigenvalue weighted by Gasteiger charge is -2.23. The molecule has 0 atom stereocenters. The maximum absolute atomic E-state index is 12.9. The molecule has 2 N–H and O–H groups in total. The van der Waals surface area contributed by atoms with Gasteiger partial charge in [0.2, 0.25) is 5.96 Å². The normalized spacial score (nSPS) is 21.3. The number of nitrogens with zero attached hydrogens (tertiary/aromatic N) is 3. The predicted molar refractivity (Wildman–Crippen MR) is 103 cm³/mol. The zero-order valence-corrected chi connectivity index (χ0v) is 15.8. The molecule has 1 aromatic carbocycles. The third kappa shape index (κ3) is 3.18. The molecule has 1 aromatic rings. The van der Waals surface area contributed by atoms with Gasteiger partial charge in [-0.25, -0.2) is 5.01 Å². The highest BCUT2D eigenvalue weighted by Gasteiger charge is 2.39. The summed E-state index contributed by atoms with van der Waals surface area (Å²) in [6, 6.07) is 5.16. The number of hydrogen-bond acceptors (Lipinski definition) is 4. The summed E-state index contributed by atoms with van der Waals surface area (Å²) < 4.78 is 29.8. The summed E-state index contributed by atoms with van der Waals surface area (Å²) in [7, 11) is -3.79. The minimum Gasteiger partial charge on any atom is -0.384 e. The minimum absolute atomic E-state index is 0.0825. The van der Waals surface area contributed by atoms with E-state index in [9.17, 15) is 8.42 Å². The zero-order valence-electron chi connectivity index (χ0n) is 15.0. The number of fused-ring (bicyclic) bond motifs is 1. The molecule has 0 aromatic heterocycles. The van der Waals surface area contributed by atoms with Gasteiger partial charge in [-0.1, -0.05) is 12.8 Å². The van der Waals surface area contributed by atoms with Crippen LogP contribution >= 0.6 is 0 Å². The molecule has 1 saturated carbocycles. The van der Waals surface area contributed by atoms with Crippen LogP contribution in [0.25, 0.3) is 0 Å². The SMILES string of the molecule is CCN/C(=N\S(=O)(=O)c1ccc2c(c1)CCN2)N1CC2(C=N1)CCCC2. The van der Waals surface area contributed by atoms with Crippen LogP contribution in [0.2, 0.25) is 0 Å². The molecule has 0 radical (unpaired) electrons. The van der Waals surface area contributed by atoms with Gasteiger partial charge in [0.1, 0.15) is 0 Å². The largest absolute Gasteiger partial charge is 0.384 e. The average molecular weight is 375 g/mol. The molecule has 140 valence electrons. The Hall–Kier alpha value is -2.09. The van der Waals surface area contributed by atoms with Gasteiger partial charge in [-0.3, -0.25) is 0 Å². The summed E-state index contributed by atoms with van der Waals surface area (Å²) in [4.78, 5) is 0.231. The van der Waals surface area contributed by atoms with Gasteiger partial charge < -0.3 is 10.6 Å². The van der Waals surface area contributed by atoms with E-state index in [2.05, 4.69) is 20.1 Å². The van der Waals surface area contributed by atoms with Gasteiger partial charge in [0.15, 0.2) is 0 Å². The quantitative estimate of drug-likeness (QED) is 0.625. The van der Waals surface area contributed by atoms with E-state index in [-0.39, 0.29) is 10.3 Å². The third-order valence-electron chi connectivity index (χ3n) is 5.41. The fourth-order valence-electron chi connectivity index (χ4n) is 4.00. The number of nitrogens with one attached hydrogen (secondary N) is 2. The Morgan fingerprint density at radius 3 is 2.96 bits per heavy atom. The number of rotatable bonds is 3. The van der Waals surface area contributed by atoms with Crippen molar-refractivity contribution < 1.29 is 8.42 Å². The Morgan fingerprint density at radius 1 is 1.38 bits per heavy atom. The lowest BCUT2D eigenvalue weighted by Crippen LogP contribution is -2.40. The fraction of sp³-hybridized carbons (Fsp3) is 0.556. The second-order valence-corrected chi connectivity index (χ2v) is 8.89. The van der Waals surface area contributed by atoms with Crippen LogP contribution in [0.15, 0.2) is 32.6 Å². The lowest BCUT2D eigenvalue weighted by molar-refractivity contribution is 0.340. The molecule has 2 heterocycles. The van der Waals surface area contributed by atoms with Gasteiger partial charge in [0.25, 0.3) is 10.0 Å². The van der Waals surface area contributed by atoms with E-state index in [0.717, 1.165) is 37.1 Å². The molecule has 2 aliphatic heterocycles. The molecule has 0 saturated heterocycles. The van der Waals surface area contributed by atoms with E-state index in [1.165, 1.54) is 12.8 Å². The third-order valence-corrected chi connectivity index (χ3v) is 6.67. The summed E-state index contributed by atoms with van der Waals surface area (Å²) in [6.45, 7) is 4.05. The maximum atomic E-state index is 12.9. The Labute approximate surface area is 154 Å². The lowest BCUT2D eigenvalue weighted by atomic mass is 9.88. The second-order valence-electron chi connectivity index (χ2n) is 7.29. The molecule has 0 bridgehead atoms. The first kappa shape index (κ1) is 17.3. The molecule has 0 amide bonds. The molecule has 1 fully saturated rings. The van der Waals surface area contributed by atoms with Crippen molar-refractivity contribution in [3.05, 3.63) is 23.8 Å². The highest BCUT2D eigenvalue weighted by molar-refractivity contribution is 7.90. The summed E-state index contributed by atoms with van der Waals surface area (Å²) in [5, 5.41) is 12.5. The van der Waals surface area contributed by atoms with Crippen molar-refractivity contribution in [3.63, 3.8) is 0 Å². The molecule has 8 heteroatoms. The van der Waals surface area contributed by atoms with Gasteiger partial charge >= 0.3 is 0 Å². The molecular formula is C18H25N5O2S. The van der Waals surface area contributed by atoms with Gasteiger partial charge in [-0.2, -0.15) is 13.5 Å². The van der Waals surface area contributed by atoms with Crippen LogP contribution in [0.4, 0.5) is 5.69 Å². The molecular weight excluding hydrogens is 350 g/mol. The van der Waals surface area contributed by atoms with Crippen molar-refractivity contribution in [1.82, 2.24) is 10.3 Å². The number of anilines is 1. The topological polar surface area (TPSA) is 86.2 Å². The van der Waals surface area contributed by atoms with Crippen LogP contribution in [0.5, 0.6) is 0 Å². The highest BCUT2D eigenvalue weighted by Crippen LogP contribution is 2.40. The predicted octanol–water partition coefficient (Wildman–Crippen LogP) is 2.17. The van der Waals surface area contributed by atoms with Crippen molar-refractivity contribution in [2.24, 2.45) is 14.9 Å². The number of guanidine groups is 1. The van der Waals surface area contributed by atoms with Gasteiger partial charge in [-0.15, -0.1) is 4.40 Å². The number of hydrogen-bond donors (Lipinski definition) is 2. The second kappa shape index (κ2) is 6.57. The molecule has 1 aliphatic carbocycles. The van der Waals surface area contributed by atoms with E-state index in [0.29, 0.717) is 19.0 Å². The zero-order chi connectivity index (χ0) is 18.2. The Balaban J connectivity index is 1.61. The van der Waals surface area contributed by atoms with Crippen LogP contribution < -0.4 is 10.6 Å². The van der Waals surface area contributed by atoms with E-state index in [4.69, 9.17) is 0 Å². The minimum atomic E-state index is -3.79. The first-order valence-electron chi connectivity index (χ1n) is 9.30. The van der Waals surface area contributed by atoms with Crippen molar-refractivity contribution >= 4 is 27.9 Å². The van der Waals surface area contributed by atoms with Gasteiger partial charge in [-0.05, 0) is 49.9 Å².